The Labute approximate surface area is 198 Å². The fourth-order valence-corrected chi connectivity index (χ4v) is 4.15. The molecule has 0 radical (unpaired) electrons. The molecule has 4 rings (SSSR count). The molecule has 0 aliphatic carbocycles. The van der Waals surface area contributed by atoms with Crippen molar-refractivity contribution >= 4 is 22.9 Å². The van der Waals surface area contributed by atoms with Gasteiger partial charge in [0, 0.05) is 11.1 Å². The Balaban J connectivity index is 1.46. The molecule has 1 saturated heterocycles. The van der Waals surface area contributed by atoms with Crippen molar-refractivity contribution < 1.29 is 23.7 Å². The van der Waals surface area contributed by atoms with Crippen molar-refractivity contribution in [1.29, 1.82) is 0 Å². The van der Waals surface area contributed by atoms with Crippen LogP contribution in [-0.4, -0.2) is 46.6 Å². The molecular formula is C25H28N4O5. The first kappa shape index (κ1) is 23.3. The van der Waals surface area contributed by atoms with Gasteiger partial charge in [-0.2, -0.15) is 5.10 Å². The number of hydrazone groups is 1. The highest BCUT2D eigenvalue weighted by Gasteiger charge is 2.32. The summed E-state index contributed by atoms with van der Waals surface area (Å²) in [6.45, 7) is 0. The molecule has 0 saturated carbocycles. The van der Waals surface area contributed by atoms with E-state index in [0.29, 0.717) is 29.2 Å². The summed E-state index contributed by atoms with van der Waals surface area (Å²) in [7, 11) is 6.27. The van der Waals surface area contributed by atoms with Crippen molar-refractivity contribution in [2.45, 2.75) is 18.5 Å². The second-order valence-electron chi connectivity index (χ2n) is 7.73. The summed E-state index contributed by atoms with van der Waals surface area (Å²) in [5.41, 5.74) is 10.6. The number of hydrazine groups is 1. The minimum Gasteiger partial charge on any atom is -0.496 e. The molecule has 3 N–H and O–H groups in total. The molecule has 1 aliphatic heterocycles. The van der Waals surface area contributed by atoms with Gasteiger partial charge < -0.3 is 18.9 Å². The number of ether oxygens (including phenoxy) is 4. The van der Waals surface area contributed by atoms with Gasteiger partial charge in [-0.25, -0.2) is 16.3 Å². The van der Waals surface area contributed by atoms with Gasteiger partial charge in [-0.15, -0.1) is 0 Å². The predicted octanol–water partition coefficient (Wildman–Crippen LogP) is 2.93. The second kappa shape index (κ2) is 10.4. The summed E-state index contributed by atoms with van der Waals surface area (Å²) >= 11 is 0. The highest BCUT2D eigenvalue weighted by molar-refractivity contribution is 5.89. The van der Waals surface area contributed by atoms with Crippen LogP contribution in [0.2, 0.25) is 0 Å². The number of hydrogen-bond acceptors (Lipinski definition) is 8. The van der Waals surface area contributed by atoms with Gasteiger partial charge in [-0.1, -0.05) is 30.3 Å². The SMILES string of the molecule is COc1cc(/C=N/NC(=O)C2CC(c3c(OC)ccc4ccccc34)NN2)cc(OC)c1OC. The van der Waals surface area contributed by atoms with Crippen LogP contribution in [0.1, 0.15) is 23.6 Å². The molecule has 1 amide bonds. The molecule has 1 fully saturated rings. The summed E-state index contributed by atoms with van der Waals surface area (Å²) in [4.78, 5) is 12.7. The van der Waals surface area contributed by atoms with Gasteiger partial charge in [-0.05, 0) is 35.4 Å². The van der Waals surface area contributed by atoms with Gasteiger partial charge >= 0.3 is 0 Å². The van der Waals surface area contributed by atoms with Crippen LogP contribution >= 0.6 is 0 Å². The highest BCUT2D eigenvalue weighted by atomic mass is 16.5. The van der Waals surface area contributed by atoms with Crippen LogP contribution in [0, 0.1) is 0 Å². The summed E-state index contributed by atoms with van der Waals surface area (Å²) in [5.74, 6) is 2.02. The molecule has 9 nitrogen and oxygen atoms in total. The molecular weight excluding hydrogens is 436 g/mol. The molecule has 9 heteroatoms. The number of rotatable bonds is 8. The molecule has 34 heavy (non-hydrogen) atoms. The van der Waals surface area contributed by atoms with Crippen LogP contribution in [0.3, 0.4) is 0 Å². The Morgan fingerprint density at radius 3 is 2.32 bits per heavy atom. The van der Waals surface area contributed by atoms with Crippen molar-refractivity contribution in [1.82, 2.24) is 16.3 Å². The third-order valence-corrected chi connectivity index (χ3v) is 5.79. The Kier molecular flexibility index (Phi) is 7.15. The topological polar surface area (TPSA) is 102 Å². The molecule has 0 aromatic heterocycles. The van der Waals surface area contributed by atoms with Gasteiger partial charge in [0.25, 0.3) is 5.91 Å². The van der Waals surface area contributed by atoms with Gasteiger partial charge in [0.2, 0.25) is 5.75 Å². The fraction of sp³-hybridized carbons (Fsp3) is 0.280. The van der Waals surface area contributed by atoms with Crippen molar-refractivity contribution in [3.63, 3.8) is 0 Å². The first-order chi connectivity index (χ1) is 16.6. The summed E-state index contributed by atoms with van der Waals surface area (Å²) < 4.78 is 21.6. The fourth-order valence-electron chi connectivity index (χ4n) is 4.15. The molecule has 0 bridgehead atoms. The number of carbonyl (C=O) groups excluding carboxylic acids is 1. The molecule has 1 aliphatic rings. The maximum atomic E-state index is 12.7. The Bertz CT molecular complexity index is 1190. The number of nitrogens with one attached hydrogen (secondary N) is 3. The third kappa shape index (κ3) is 4.61. The predicted molar refractivity (Wildman–Crippen MR) is 130 cm³/mol. The van der Waals surface area contributed by atoms with Crippen LogP contribution in [-0.2, 0) is 4.79 Å². The number of fused-ring (bicyclic) bond motifs is 1. The van der Waals surface area contributed by atoms with Crippen molar-refractivity contribution in [2.75, 3.05) is 28.4 Å². The first-order valence-corrected chi connectivity index (χ1v) is 10.8. The number of nitrogens with zero attached hydrogens (tertiary/aromatic N) is 1. The molecule has 2 atom stereocenters. The van der Waals surface area contributed by atoms with E-state index in [-0.39, 0.29) is 11.9 Å². The highest BCUT2D eigenvalue weighted by Crippen LogP contribution is 2.38. The maximum Gasteiger partial charge on any atom is 0.258 e. The van der Waals surface area contributed by atoms with Crippen LogP contribution in [0.15, 0.2) is 53.6 Å². The summed E-state index contributed by atoms with van der Waals surface area (Å²) in [6.07, 6.45) is 2.06. The molecule has 2 unspecified atom stereocenters. The average molecular weight is 465 g/mol. The lowest BCUT2D eigenvalue weighted by molar-refractivity contribution is -0.122. The zero-order valence-corrected chi connectivity index (χ0v) is 19.5. The molecule has 0 spiro atoms. The minimum absolute atomic E-state index is 0.101. The number of carbonyl (C=O) groups is 1. The maximum absolute atomic E-state index is 12.7. The van der Waals surface area contributed by atoms with E-state index in [4.69, 9.17) is 18.9 Å². The van der Waals surface area contributed by atoms with Crippen molar-refractivity contribution in [3.05, 3.63) is 59.7 Å². The standard InChI is InChI=1S/C25H28N4O5/c1-31-20-10-9-16-7-5-6-8-17(16)23(20)18-13-19(28-27-18)25(30)29-26-14-15-11-21(32-2)24(34-4)22(12-15)33-3/h5-12,14,18-19,27-28H,13H2,1-4H3,(H,29,30)/b26-14+. The average Bonchev–Trinajstić information content (AvgIpc) is 3.37. The van der Waals surface area contributed by atoms with E-state index in [1.807, 2.05) is 24.3 Å². The van der Waals surface area contributed by atoms with Crippen LogP contribution < -0.4 is 35.2 Å². The normalized spacial score (nSPS) is 17.6. The monoisotopic (exact) mass is 464 g/mol. The lowest BCUT2D eigenvalue weighted by Gasteiger charge is -2.17. The largest absolute Gasteiger partial charge is 0.496 e. The van der Waals surface area contributed by atoms with Crippen molar-refractivity contribution in [2.24, 2.45) is 5.10 Å². The van der Waals surface area contributed by atoms with Crippen LogP contribution in [0.5, 0.6) is 23.0 Å². The zero-order valence-electron chi connectivity index (χ0n) is 19.5. The first-order valence-electron chi connectivity index (χ1n) is 10.8. The molecule has 1 heterocycles. The van der Waals surface area contributed by atoms with Crippen LogP contribution in [0.4, 0.5) is 0 Å². The van der Waals surface area contributed by atoms with E-state index in [0.717, 1.165) is 22.1 Å². The quantitative estimate of drug-likeness (QED) is 0.348. The van der Waals surface area contributed by atoms with Gasteiger partial charge in [0.05, 0.1) is 40.7 Å². The molecule has 3 aromatic rings. The van der Waals surface area contributed by atoms with Gasteiger partial charge in [0.1, 0.15) is 11.8 Å². The Hall–Kier alpha value is -3.82. The Morgan fingerprint density at radius 2 is 1.65 bits per heavy atom. The van der Waals surface area contributed by atoms with E-state index in [1.165, 1.54) is 13.3 Å². The number of amides is 1. The zero-order chi connectivity index (χ0) is 24.1. The van der Waals surface area contributed by atoms with Crippen molar-refractivity contribution in [3.8, 4) is 23.0 Å². The van der Waals surface area contributed by atoms with E-state index < -0.39 is 6.04 Å². The number of hydrogen-bond donors (Lipinski definition) is 3. The minimum atomic E-state index is -0.467. The third-order valence-electron chi connectivity index (χ3n) is 5.79. The van der Waals surface area contributed by atoms with E-state index in [2.05, 4.69) is 33.5 Å². The van der Waals surface area contributed by atoms with Gasteiger partial charge in [0.15, 0.2) is 11.5 Å². The summed E-state index contributed by atoms with van der Waals surface area (Å²) in [6, 6.07) is 15.0. The number of methoxy groups -OCH3 is 4. The van der Waals surface area contributed by atoms with Gasteiger partial charge in [-0.3, -0.25) is 4.79 Å². The van der Waals surface area contributed by atoms with E-state index >= 15 is 0 Å². The van der Waals surface area contributed by atoms with Crippen LogP contribution in [0.25, 0.3) is 10.8 Å². The summed E-state index contributed by atoms with van der Waals surface area (Å²) in [5, 5.41) is 6.30. The van der Waals surface area contributed by atoms with E-state index in [9.17, 15) is 4.79 Å². The van der Waals surface area contributed by atoms with E-state index in [1.54, 1.807) is 33.5 Å². The lowest BCUT2D eigenvalue weighted by atomic mass is 9.95. The lowest BCUT2D eigenvalue weighted by Crippen LogP contribution is -2.41. The smallest absolute Gasteiger partial charge is 0.258 e. The second-order valence-corrected chi connectivity index (χ2v) is 7.73. The molecule has 178 valence electrons. The Morgan fingerprint density at radius 1 is 0.941 bits per heavy atom. The number of benzene rings is 3. The molecule has 3 aromatic carbocycles.